The minimum Gasteiger partial charge on any atom is -0.493 e. The number of rotatable bonds is 12. The summed E-state index contributed by atoms with van der Waals surface area (Å²) in [6.45, 7) is 2.22. The molecule has 2 aromatic heterocycles. The fourth-order valence-corrected chi connectivity index (χ4v) is 3.98. The van der Waals surface area contributed by atoms with Gasteiger partial charge in [0.25, 0.3) is 0 Å². The van der Waals surface area contributed by atoms with E-state index in [9.17, 15) is 9.65 Å². The molecular weight excluding hydrogens is 411 g/mol. The number of unbranched alkanes of at least 4 members (excludes halogenated alkanes) is 5. The maximum absolute atomic E-state index is 13.6. The van der Waals surface area contributed by atoms with Crippen molar-refractivity contribution in [1.29, 1.82) is 5.26 Å². The summed E-state index contributed by atoms with van der Waals surface area (Å²) in [5.74, 6) is 0.593. The van der Waals surface area contributed by atoms with Crippen molar-refractivity contribution in [3.8, 4) is 23.1 Å². The third kappa shape index (κ3) is 6.50. The van der Waals surface area contributed by atoms with Crippen molar-refractivity contribution in [3.63, 3.8) is 0 Å². The Balaban J connectivity index is 1.59. The van der Waals surface area contributed by atoms with Gasteiger partial charge in [-0.15, -0.1) is 11.3 Å². The van der Waals surface area contributed by atoms with Gasteiger partial charge >= 0.3 is 0 Å². The molecule has 0 amide bonds. The van der Waals surface area contributed by atoms with Gasteiger partial charge in [-0.3, -0.25) is 0 Å². The van der Waals surface area contributed by atoms with E-state index in [2.05, 4.69) is 28.3 Å². The predicted molar refractivity (Wildman–Crippen MR) is 123 cm³/mol. The van der Waals surface area contributed by atoms with Crippen LogP contribution in [-0.2, 0) is 6.67 Å². The number of hydrogen-bond acceptors (Lipinski definition) is 6. The minimum atomic E-state index is -0.592. The van der Waals surface area contributed by atoms with E-state index < -0.39 is 6.67 Å². The molecule has 3 rings (SSSR count). The second kappa shape index (κ2) is 12.0. The lowest BCUT2D eigenvalue weighted by Crippen LogP contribution is -2.01. The molecule has 0 aliphatic rings. The topological polar surface area (TPSA) is 70.8 Å². The summed E-state index contributed by atoms with van der Waals surface area (Å²) in [5, 5.41) is 15.0. The lowest BCUT2D eigenvalue weighted by atomic mass is 10.1. The van der Waals surface area contributed by atoms with Gasteiger partial charge in [0.2, 0.25) is 0 Å². The summed E-state index contributed by atoms with van der Waals surface area (Å²) >= 11 is 1.42. The van der Waals surface area contributed by atoms with E-state index in [4.69, 9.17) is 4.74 Å². The molecule has 5 nitrogen and oxygen atoms in total. The molecule has 3 aromatic rings. The van der Waals surface area contributed by atoms with E-state index >= 15 is 0 Å². The second-order valence-electron chi connectivity index (χ2n) is 7.25. The molecule has 1 aromatic carbocycles. The van der Waals surface area contributed by atoms with Crippen molar-refractivity contribution in [1.82, 2.24) is 9.97 Å². The summed E-state index contributed by atoms with van der Waals surface area (Å²) < 4.78 is 19.4. The summed E-state index contributed by atoms with van der Waals surface area (Å²) in [4.78, 5) is 8.62. The van der Waals surface area contributed by atoms with Crippen molar-refractivity contribution < 1.29 is 9.13 Å². The van der Waals surface area contributed by atoms with Gasteiger partial charge in [-0.1, -0.05) is 39.0 Å². The van der Waals surface area contributed by atoms with Crippen LogP contribution < -0.4 is 10.1 Å². The molecule has 0 aliphatic heterocycles. The molecule has 31 heavy (non-hydrogen) atoms. The zero-order chi connectivity index (χ0) is 21.9. The standard InChI is InChI=1S/C24H27FN4OS/c1-2-3-4-5-6-7-13-30-23-11-10-19(14-18(23)15-25)28-24-29-22(17-31-24)20-9-8-12-27-21(20)16-26/h8-12,14,17H,2-7,13,15H2,1H3,(H,28,29). The van der Waals surface area contributed by atoms with Crippen LogP contribution in [0.4, 0.5) is 15.2 Å². The summed E-state index contributed by atoms with van der Waals surface area (Å²) in [5.41, 5.74) is 2.98. The van der Waals surface area contributed by atoms with Gasteiger partial charge in [0.1, 0.15) is 24.2 Å². The third-order valence-electron chi connectivity index (χ3n) is 4.90. The molecule has 0 saturated carbocycles. The Morgan fingerprint density at radius 1 is 1.16 bits per heavy atom. The number of alkyl halides is 1. The Hall–Kier alpha value is -2.98. The number of benzene rings is 1. The average Bonchev–Trinajstić information content (AvgIpc) is 3.27. The van der Waals surface area contributed by atoms with Crippen molar-refractivity contribution in [2.45, 2.75) is 52.1 Å². The lowest BCUT2D eigenvalue weighted by molar-refractivity contribution is 0.297. The highest BCUT2D eigenvalue weighted by molar-refractivity contribution is 7.14. The smallest absolute Gasteiger partial charge is 0.187 e. The third-order valence-corrected chi connectivity index (χ3v) is 5.66. The van der Waals surface area contributed by atoms with Crippen molar-refractivity contribution in [3.05, 3.63) is 53.2 Å². The number of hydrogen-bond donors (Lipinski definition) is 1. The van der Waals surface area contributed by atoms with Gasteiger partial charge in [0.15, 0.2) is 5.13 Å². The Bertz CT molecular complexity index is 1010. The van der Waals surface area contributed by atoms with Crippen LogP contribution in [0.5, 0.6) is 5.75 Å². The number of nitriles is 1. The van der Waals surface area contributed by atoms with Crippen molar-refractivity contribution >= 4 is 22.2 Å². The van der Waals surface area contributed by atoms with Crippen molar-refractivity contribution in [2.75, 3.05) is 11.9 Å². The first-order valence-corrected chi connectivity index (χ1v) is 11.5. The maximum Gasteiger partial charge on any atom is 0.187 e. The Kier molecular flexibility index (Phi) is 8.80. The quantitative estimate of drug-likeness (QED) is 0.307. The summed E-state index contributed by atoms with van der Waals surface area (Å²) in [6, 6.07) is 11.1. The minimum absolute atomic E-state index is 0.339. The molecule has 162 valence electrons. The first-order chi connectivity index (χ1) is 15.2. The molecule has 7 heteroatoms. The number of thiazole rings is 1. The SMILES string of the molecule is CCCCCCCCOc1ccc(Nc2nc(-c3cccnc3C#N)cs2)cc1CF. The predicted octanol–water partition coefficient (Wildman–Crippen LogP) is 7.03. The fourth-order valence-electron chi connectivity index (χ4n) is 3.25. The van der Waals surface area contributed by atoms with Crippen LogP contribution in [0.1, 0.15) is 56.7 Å². The molecule has 0 saturated heterocycles. The van der Waals surface area contributed by atoms with Crippen molar-refractivity contribution in [2.24, 2.45) is 0 Å². The van der Waals surface area contributed by atoms with E-state index in [0.717, 1.165) is 18.5 Å². The fraction of sp³-hybridized carbons (Fsp3) is 0.375. The molecule has 0 bridgehead atoms. The van der Waals surface area contributed by atoms with E-state index in [1.54, 1.807) is 24.4 Å². The van der Waals surface area contributed by atoms with Crippen LogP contribution >= 0.6 is 11.3 Å². The highest BCUT2D eigenvalue weighted by atomic mass is 32.1. The number of nitrogens with zero attached hydrogens (tertiary/aromatic N) is 3. The van der Waals surface area contributed by atoms with E-state index in [1.807, 2.05) is 17.5 Å². The number of ether oxygens (including phenoxy) is 1. The van der Waals surface area contributed by atoms with E-state index in [1.165, 1.54) is 37.0 Å². The van der Waals surface area contributed by atoms with Gasteiger partial charge in [-0.2, -0.15) is 5.26 Å². The Morgan fingerprint density at radius 3 is 2.81 bits per heavy atom. The zero-order valence-electron chi connectivity index (χ0n) is 17.7. The van der Waals surface area contributed by atoms with Crippen LogP contribution in [0.3, 0.4) is 0 Å². The van der Waals surface area contributed by atoms with Gasteiger partial charge in [0, 0.05) is 28.4 Å². The van der Waals surface area contributed by atoms with Crippen LogP contribution in [0, 0.1) is 11.3 Å². The molecule has 2 heterocycles. The summed E-state index contributed by atoms with van der Waals surface area (Å²) in [6.07, 6.45) is 8.72. The molecule has 0 atom stereocenters. The number of anilines is 2. The monoisotopic (exact) mass is 438 g/mol. The zero-order valence-corrected chi connectivity index (χ0v) is 18.6. The number of nitrogens with one attached hydrogen (secondary N) is 1. The second-order valence-corrected chi connectivity index (χ2v) is 8.10. The van der Waals surface area contributed by atoms with Crippen LogP contribution in [-0.4, -0.2) is 16.6 Å². The molecule has 0 aliphatic carbocycles. The molecular formula is C24H27FN4OS. The van der Waals surface area contributed by atoms with Crippen LogP contribution in [0.2, 0.25) is 0 Å². The van der Waals surface area contributed by atoms with E-state index in [0.29, 0.717) is 40.0 Å². The van der Waals surface area contributed by atoms with Gasteiger partial charge in [-0.05, 0) is 36.8 Å². The molecule has 0 radical (unpaired) electrons. The normalized spacial score (nSPS) is 10.6. The molecule has 0 spiro atoms. The number of pyridine rings is 1. The maximum atomic E-state index is 13.6. The molecule has 0 unspecified atom stereocenters. The largest absolute Gasteiger partial charge is 0.493 e. The van der Waals surface area contributed by atoms with Gasteiger partial charge in [-0.25, -0.2) is 14.4 Å². The first-order valence-electron chi connectivity index (χ1n) is 10.6. The highest BCUT2D eigenvalue weighted by Crippen LogP contribution is 2.30. The summed E-state index contributed by atoms with van der Waals surface area (Å²) in [7, 11) is 0. The average molecular weight is 439 g/mol. The highest BCUT2D eigenvalue weighted by Gasteiger charge is 2.11. The number of aromatic nitrogens is 2. The van der Waals surface area contributed by atoms with Gasteiger partial charge < -0.3 is 10.1 Å². The Labute approximate surface area is 186 Å². The van der Waals surface area contributed by atoms with Crippen LogP contribution in [0.15, 0.2) is 41.9 Å². The first kappa shape index (κ1) is 22.7. The van der Waals surface area contributed by atoms with E-state index in [-0.39, 0.29) is 0 Å². The number of halogens is 1. The lowest BCUT2D eigenvalue weighted by Gasteiger charge is -2.12. The van der Waals surface area contributed by atoms with Crippen LogP contribution in [0.25, 0.3) is 11.3 Å². The Morgan fingerprint density at radius 2 is 2.00 bits per heavy atom. The molecule has 1 N–H and O–H groups in total. The van der Waals surface area contributed by atoms with Gasteiger partial charge in [0.05, 0.1) is 12.3 Å². The molecule has 0 fully saturated rings.